The monoisotopic (exact) mass is 559 g/mol. The second kappa shape index (κ2) is 15.0. The highest BCUT2D eigenvalue weighted by molar-refractivity contribution is 5.79. The number of unbranched alkanes of at least 4 members (excludes halogenated alkanes) is 3. The van der Waals surface area contributed by atoms with Crippen LogP contribution in [0.3, 0.4) is 0 Å². The number of hydrogen-bond acceptors (Lipinski definition) is 3. The minimum absolute atomic E-state index is 0.0793. The Hall–Kier alpha value is -4.38. The van der Waals surface area contributed by atoms with Gasteiger partial charge in [-0.15, -0.1) is 0 Å². The van der Waals surface area contributed by atoms with Crippen molar-refractivity contribution in [2.45, 2.75) is 58.4 Å². The molecule has 0 aliphatic rings. The molecule has 1 aromatic heterocycles. The molecular formula is C37H41N3O2. The molecule has 0 bridgehead atoms. The first-order chi connectivity index (χ1) is 20.7. The summed E-state index contributed by atoms with van der Waals surface area (Å²) in [5.41, 5.74) is 6.83. The number of ether oxygens (including phenoxy) is 1. The Bertz CT molecular complexity index is 1560. The van der Waals surface area contributed by atoms with Crippen LogP contribution in [0.15, 0.2) is 103 Å². The van der Waals surface area contributed by atoms with Gasteiger partial charge in [0, 0.05) is 19.5 Å². The van der Waals surface area contributed by atoms with E-state index in [1.54, 1.807) is 0 Å². The maximum atomic E-state index is 12.5. The number of amides is 1. The van der Waals surface area contributed by atoms with Crippen molar-refractivity contribution < 1.29 is 9.53 Å². The third-order valence-corrected chi connectivity index (χ3v) is 7.69. The fraction of sp³-hybridized carbons (Fsp3) is 0.297. The first-order valence-electron chi connectivity index (χ1n) is 15.2. The van der Waals surface area contributed by atoms with Crippen molar-refractivity contribution in [3.63, 3.8) is 0 Å². The van der Waals surface area contributed by atoms with Gasteiger partial charge in [-0.3, -0.25) is 4.79 Å². The van der Waals surface area contributed by atoms with Crippen molar-refractivity contribution >= 4 is 16.9 Å². The van der Waals surface area contributed by atoms with Crippen LogP contribution in [0, 0.1) is 6.92 Å². The molecule has 1 N–H and O–H groups in total. The number of benzene rings is 4. The molecule has 0 radical (unpaired) electrons. The number of aryl methyl sites for hydroxylation is 3. The van der Waals surface area contributed by atoms with Crippen molar-refractivity contribution in [2.75, 3.05) is 13.2 Å². The number of aromatic nitrogens is 2. The molecule has 4 aromatic carbocycles. The molecule has 0 atom stereocenters. The third kappa shape index (κ3) is 8.10. The van der Waals surface area contributed by atoms with Crippen LogP contribution in [-0.4, -0.2) is 28.6 Å². The van der Waals surface area contributed by atoms with Gasteiger partial charge >= 0.3 is 0 Å². The number of rotatable bonds is 15. The molecule has 1 amide bonds. The molecule has 216 valence electrons. The molecule has 0 aliphatic heterocycles. The first-order valence-corrected chi connectivity index (χ1v) is 15.2. The van der Waals surface area contributed by atoms with E-state index in [1.807, 2.05) is 48.5 Å². The quantitative estimate of drug-likeness (QED) is 0.132. The standard InChI is InChI=1S/C37H41N3O2/c1-29-14-7-10-19-35(29)42-27-13-12-26-40-34-18-9-8-17-33(34)39-36(40)20-6-3-11-25-38-37(41)28-30-21-23-32(24-22-30)31-15-4-2-5-16-31/h2,4-5,7-10,14-19,21-24H,3,6,11-13,20,25-28H2,1H3,(H,38,41). The lowest BCUT2D eigenvalue weighted by Gasteiger charge is -2.11. The molecule has 0 unspecified atom stereocenters. The highest BCUT2D eigenvalue weighted by atomic mass is 16.5. The van der Waals surface area contributed by atoms with Crippen LogP contribution in [0.25, 0.3) is 22.2 Å². The Morgan fingerprint density at radius 3 is 2.33 bits per heavy atom. The number of hydrogen-bond donors (Lipinski definition) is 1. The average molecular weight is 560 g/mol. The fourth-order valence-corrected chi connectivity index (χ4v) is 5.34. The molecule has 42 heavy (non-hydrogen) atoms. The van der Waals surface area contributed by atoms with Crippen molar-refractivity contribution in [1.82, 2.24) is 14.9 Å². The molecule has 0 saturated carbocycles. The average Bonchev–Trinajstić information content (AvgIpc) is 3.37. The van der Waals surface area contributed by atoms with Gasteiger partial charge in [0.2, 0.25) is 5.91 Å². The maximum absolute atomic E-state index is 12.5. The largest absolute Gasteiger partial charge is 0.493 e. The summed E-state index contributed by atoms with van der Waals surface area (Å²) in [6, 6.07) is 35.2. The van der Waals surface area contributed by atoms with Crippen LogP contribution in [0.2, 0.25) is 0 Å². The lowest BCUT2D eigenvalue weighted by atomic mass is 10.0. The summed E-state index contributed by atoms with van der Waals surface area (Å²) in [5, 5.41) is 3.09. The minimum Gasteiger partial charge on any atom is -0.493 e. The van der Waals surface area contributed by atoms with Gasteiger partial charge in [-0.25, -0.2) is 4.98 Å². The Labute approximate surface area is 249 Å². The van der Waals surface area contributed by atoms with Crippen molar-refractivity contribution in [3.8, 4) is 16.9 Å². The van der Waals surface area contributed by atoms with E-state index in [0.717, 1.165) is 74.3 Å². The smallest absolute Gasteiger partial charge is 0.224 e. The Kier molecular flexibility index (Phi) is 10.4. The van der Waals surface area contributed by atoms with Crippen LogP contribution in [0.1, 0.15) is 49.1 Å². The van der Waals surface area contributed by atoms with Crippen LogP contribution in [0.4, 0.5) is 0 Å². The van der Waals surface area contributed by atoms with Gasteiger partial charge in [-0.1, -0.05) is 91.3 Å². The zero-order valence-corrected chi connectivity index (χ0v) is 24.6. The molecular weight excluding hydrogens is 518 g/mol. The number of para-hydroxylation sites is 3. The highest BCUT2D eigenvalue weighted by Crippen LogP contribution is 2.21. The molecule has 1 heterocycles. The molecule has 5 heteroatoms. The summed E-state index contributed by atoms with van der Waals surface area (Å²) in [6.07, 6.45) is 6.47. The van der Waals surface area contributed by atoms with E-state index in [0.29, 0.717) is 13.0 Å². The molecule has 0 saturated heterocycles. The van der Waals surface area contributed by atoms with Crippen molar-refractivity contribution in [1.29, 1.82) is 0 Å². The van der Waals surface area contributed by atoms with E-state index in [2.05, 4.69) is 71.4 Å². The van der Waals surface area contributed by atoms with Crippen LogP contribution < -0.4 is 10.1 Å². The zero-order valence-electron chi connectivity index (χ0n) is 24.6. The SMILES string of the molecule is Cc1ccccc1OCCCCn1c(CCCCCNC(=O)Cc2ccc(-c3ccccc3)cc2)nc2ccccc21. The summed E-state index contributed by atoms with van der Waals surface area (Å²) < 4.78 is 8.38. The molecule has 0 aliphatic carbocycles. The Morgan fingerprint density at radius 2 is 1.50 bits per heavy atom. The van der Waals surface area contributed by atoms with E-state index in [-0.39, 0.29) is 5.91 Å². The van der Waals surface area contributed by atoms with E-state index in [4.69, 9.17) is 9.72 Å². The predicted molar refractivity (Wildman–Crippen MR) is 172 cm³/mol. The van der Waals surface area contributed by atoms with E-state index < -0.39 is 0 Å². The summed E-state index contributed by atoms with van der Waals surface area (Å²) in [5.74, 6) is 2.20. The molecule has 0 spiro atoms. The topological polar surface area (TPSA) is 56.1 Å². The van der Waals surface area contributed by atoms with E-state index in [1.165, 1.54) is 22.2 Å². The van der Waals surface area contributed by atoms with Crippen LogP contribution in [-0.2, 0) is 24.2 Å². The van der Waals surface area contributed by atoms with Gasteiger partial charge in [-0.2, -0.15) is 0 Å². The summed E-state index contributed by atoms with van der Waals surface area (Å²) in [6.45, 7) is 4.45. The third-order valence-electron chi connectivity index (χ3n) is 7.69. The van der Waals surface area contributed by atoms with Crippen LogP contribution in [0.5, 0.6) is 5.75 Å². The number of carbonyl (C=O) groups is 1. The maximum Gasteiger partial charge on any atom is 0.224 e. The van der Waals surface area contributed by atoms with Gasteiger partial charge in [0.25, 0.3) is 0 Å². The van der Waals surface area contributed by atoms with Gasteiger partial charge in [0.05, 0.1) is 24.1 Å². The number of fused-ring (bicyclic) bond motifs is 1. The van der Waals surface area contributed by atoms with E-state index >= 15 is 0 Å². The van der Waals surface area contributed by atoms with E-state index in [9.17, 15) is 4.79 Å². The predicted octanol–water partition coefficient (Wildman–Crippen LogP) is 7.94. The second-order valence-corrected chi connectivity index (χ2v) is 10.9. The highest BCUT2D eigenvalue weighted by Gasteiger charge is 2.10. The summed E-state index contributed by atoms with van der Waals surface area (Å²) in [7, 11) is 0. The molecule has 5 nitrogen and oxygen atoms in total. The van der Waals surface area contributed by atoms with Crippen molar-refractivity contribution in [3.05, 3.63) is 120 Å². The Balaban J connectivity index is 1.02. The fourth-order valence-electron chi connectivity index (χ4n) is 5.34. The second-order valence-electron chi connectivity index (χ2n) is 10.9. The number of nitrogens with one attached hydrogen (secondary N) is 1. The lowest BCUT2D eigenvalue weighted by molar-refractivity contribution is -0.120. The Morgan fingerprint density at radius 1 is 0.762 bits per heavy atom. The summed E-state index contributed by atoms with van der Waals surface area (Å²) >= 11 is 0. The minimum atomic E-state index is 0.0793. The van der Waals surface area contributed by atoms with Crippen molar-refractivity contribution in [2.24, 2.45) is 0 Å². The normalized spacial score (nSPS) is 11.1. The summed E-state index contributed by atoms with van der Waals surface area (Å²) in [4.78, 5) is 17.4. The van der Waals surface area contributed by atoms with Gasteiger partial charge in [0.15, 0.2) is 0 Å². The van der Waals surface area contributed by atoms with Gasteiger partial charge < -0.3 is 14.6 Å². The number of imidazole rings is 1. The number of nitrogens with zero attached hydrogens (tertiary/aromatic N) is 2. The first kappa shape index (κ1) is 29.1. The van der Waals surface area contributed by atoms with Gasteiger partial charge in [-0.05, 0) is 73.1 Å². The lowest BCUT2D eigenvalue weighted by Crippen LogP contribution is -2.26. The molecule has 5 rings (SSSR count). The zero-order chi connectivity index (χ0) is 29.0. The van der Waals surface area contributed by atoms with Gasteiger partial charge in [0.1, 0.15) is 11.6 Å². The van der Waals surface area contributed by atoms with Crippen LogP contribution >= 0.6 is 0 Å². The number of carbonyl (C=O) groups excluding carboxylic acids is 1. The molecule has 5 aromatic rings. The molecule has 0 fully saturated rings.